The molecule has 0 radical (unpaired) electrons. The van der Waals surface area contributed by atoms with Crippen LogP contribution in [0.15, 0.2) is 24.3 Å². The Labute approximate surface area is 145 Å². The van der Waals surface area contributed by atoms with Crippen molar-refractivity contribution in [2.24, 2.45) is 7.05 Å². The molecule has 0 saturated carbocycles. The van der Waals surface area contributed by atoms with Crippen LogP contribution in [0.2, 0.25) is 5.02 Å². The molecule has 2 aromatic rings. The summed E-state index contributed by atoms with van der Waals surface area (Å²) in [6.07, 6.45) is 0.496. The van der Waals surface area contributed by atoms with E-state index in [0.29, 0.717) is 22.7 Å². The second-order valence-electron chi connectivity index (χ2n) is 5.54. The van der Waals surface area contributed by atoms with Gasteiger partial charge in [-0.25, -0.2) is 4.79 Å². The molecule has 0 unspecified atom stereocenters. The third-order valence-corrected chi connectivity index (χ3v) is 4.27. The molecule has 1 aromatic heterocycles. The number of nitrogens with zero attached hydrogens (tertiary/aromatic N) is 1. The minimum absolute atomic E-state index is 0.0621. The van der Waals surface area contributed by atoms with Crippen LogP contribution in [0.3, 0.4) is 0 Å². The predicted octanol–water partition coefficient (Wildman–Crippen LogP) is 3.38. The van der Waals surface area contributed by atoms with E-state index in [2.05, 4.69) is 0 Å². The zero-order chi connectivity index (χ0) is 17.9. The lowest BCUT2D eigenvalue weighted by Gasteiger charge is -2.09. The van der Waals surface area contributed by atoms with Gasteiger partial charge in [-0.2, -0.15) is 0 Å². The van der Waals surface area contributed by atoms with Gasteiger partial charge in [0.1, 0.15) is 0 Å². The molecule has 0 bridgehead atoms. The van der Waals surface area contributed by atoms with Crippen molar-refractivity contribution in [3.8, 4) is 0 Å². The Balaban J connectivity index is 2.43. The second kappa shape index (κ2) is 7.53. The van der Waals surface area contributed by atoms with Gasteiger partial charge >= 0.3 is 11.9 Å². The van der Waals surface area contributed by atoms with E-state index in [1.54, 1.807) is 37.6 Å². The standard InChI is InChI=1S/C18H20ClNO4/c1-4-24-16(21)10-15-17(18(22)23)11(2)14(20(15)3)9-12-5-7-13(19)8-6-12/h5-8H,4,9-10H2,1-3H3,(H,22,23). The third kappa shape index (κ3) is 3.79. The SMILES string of the molecule is CCOC(=O)Cc1c(C(=O)O)c(C)c(Cc2ccc(Cl)cc2)n1C. The van der Waals surface area contributed by atoms with Gasteiger partial charge in [-0.15, -0.1) is 0 Å². The highest BCUT2D eigenvalue weighted by molar-refractivity contribution is 6.30. The van der Waals surface area contributed by atoms with Crippen LogP contribution in [0.25, 0.3) is 0 Å². The number of halogens is 1. The maximum absolute atomic E-state index is 11.8. The molecular weight excluding hydrogens is 330 g/mol. The second-order valence-corrected chi connectivity index (χ2v) is 5.98. The quantitative estimate of drug-likeness (QED) is 0.812. The van der Waals surface area contributed by atoms with E-state index in [1.807, 2.05) is 12.1 Å². The smallest absolute Gasteiger partial charge is 0.337 e. The van der Waals surface area contributed by atoms with Crippen LogP contribution in [0.1, 0.15) is 39.8 Å². The number of carboxylic acid groups (broad SMARTS) is 1. The number of benzene rings is 1. The fourth-order valence-corrected chi connectivity index (χ4v) is 2.96. The maximum Gasteiger partial charge on any atom is 0.337 e. The van der Waals surface area contributed by atoms with Crippen LogP contribution in [0, 0.1) is 6.92 Å². The molecule has 2 rings (SSSR count). The number of ether oxygens (including phenoxy) is 1. The lowest BCUT2D eigenvalue weighted by Crippen LogP contribution is -2.14. The van der Waals surface area contributed by atoms with Crippen LogP contribution in [-0.4, -0.2) is 28.2 Å². The fourth-order valence-electron chi connectivity index (χ4n) is 2.83. The van der Waals surface area contributed by atoms with Crippen molar-refractivity contribution in [1.29, 1.82) is 0 Å². The summed E-state index contributed by atoms with van der Waals surface area (Å²) < 4.78 is 6.74. The molecule has 0 saturated heterocycles. The number of esters is 1. The summed E-state index contributed by atoms with van der Waals surface area (Å²) >= 11 is 5.90. The fraction of sp³-hybridized carbons (Fsp3) is 0.333. The first-order chi connectivity index (χ1) is 11.3. The Morgan fingerprint density at radius 2 is 1.83 bits per heavy atom. The number of aromatic nitrogens is 1. The first-order valence-electron chi connectivity index (χ1n) is 7.65. The number of carboxylic acids is 1. The van der Waals surface area contributed by atoms with Crippen molar-refractivity contribution in [2.45, 2.75) is 26.7 Å². The molecule has 5 nitrogen and oxygen atoms in total. The number of hydrogen-bond acceptors (Lipinski definition) is 3. The maximum atomic E-state index is 11.8. The molecule has 24 heavy (non-hydrogen) atoms. The zero-order valence-corrected chi connectivity index (χ0v) is 14.7. The van der Waals surface area contributed by atoms with E-state index in [-0.39, 0.29) is 18.6 Å². The highest BCUT2D eigenvalue weighted by Crippen LogP contribution is 2.25. The minimum Gasteiger partial charge on any atom is -0.478 e. The Bertz CT molecular complexity index is 762. The van der Waals surface area contributed by atoms with E-state index in [0.717, 1.165) is 11.3 Å². The van der Waals surface area contributed by atoms with Crippen molar-refractivity contribution in [3.05, 3.63) is 57.4 Å². The number of carbonyl (C=O) groups excluding carboxylic acids is 1. The summed E-state index contributed by atoms with van der Waals surface area (Å²) in [5.74, 6) is -1.47. The van der Waals surface area contributed by atoms with Gasteiger partial charge in [0.15, 0.2) is 0 Å². The van der Waals surface area contributed by atoms with Crippen molar-refractivity contribution < 1.29 is 19.4 Å². The Kier molecular flexibility index (Phi) is 5.67. The van der Waals surface area contributed by atoms with E-state index < -0.39 is 11.9 Å². The van der Waals surface area contributed by atoms with E-state index in [9.17, 15) is 14.7 Å². The highest BCUT2D eigenvalue weighted by atomic mass is 35.5. The lowest BCUT2D eigenvalue weighted by molar-refractivity contribution is -0.142. The van der Waals surface area contributed by atoms with E-state index in [4.69, 9.17) is 16.3 Å². The molecule has 0 amide bonds. The average molecular weight is 350 g/mol. The number of hydrogen-bond donors (Lipinski definition) is 1. The molecule has 0 aliphatic heterocycles. The van der Waals surface area contributed by atoms with E-state index >= 15 is 0 Å². The topological polar surface area (TPSA) is 68.5 Å². The molecule has 1 heterocycles. The molecule has 0 fully saturated rings. The van der Waals surface area contributed by atoms with Gasteiger partial charge in [0.25, 0.3) is 0 Å². The molecule has 6 heteroatoms. The highest BCUT2D eigenvalue weighted by Gasteiger charge is 2.24. The molecule has 0 aliphatic rings. The molecule has 0 atom stereocenters. The van der Waals surface area contributed by atoms with Crippen LogP contribution in [-0.2, 0) is 29.4 Å². The number of carbonyl (C=O) groups is 2. The van der Waals surface area contributed by atoms with Crippen LogP contribution in [0.5, 0.6) is 0 Å². The van der Waals surface area contributed by atoms with Gasteiger partial charge < -0.3 is 14.4 Å². The largest absolute Gasteiger partial charge is 0.478 e. The van der Waals surface area contributed by atoms with Crippen molar-refractivity contribution in [3.63, 3.8) is 0 Å². The summed E-state index contributed by atoms with van der Waals surface area (Å²) in [5, 5.41) is 10.2. The molecule has 0 aliphatic carbocycles. The van der Waals surface area contributed by atoms with Gasteiger partial charge in [-0.1, -0.05) is 23.7 Å². The zero-order valence-electron chi connectivity index (χ0n) is 13.9. The van der Waals surface area contributed by atoms with Gasteiger partial charge in [0.2, 0.25) is 0 Å². The summed E-state index contributed by atoms with van der Waals surface area (Å²) in [6, 6.07) is 7.40. The first-order valence-corrected chi connectivity index (χ1v) is 8.03. The molecule has 128 valence electrons. The first kappa shape index (κ1) is 18.1. The third-order valence-electron chi connectivity index (χ3n) is 4.02. The predicted molar refractivity (Wildman–Crippen MR) is 91.7 cm³/mol. The van der Waals surface area contributed by atoms with Crippen molar-refractivity contribution in [2.75, 3.05) is 6.61 Å². The summed E-state index contributed by atoms with van der Waals surface area (Å²) in [7, 11) is 1.78. The van der Waals surface area contributed by atoms with Gasteiger partial charge in [-0.3, -0.25) is 4.79 Å². The Hall–Kier alpha value is -2.27. The normalized spacial score (nSPS) is 10.7. The molecule has 1 aromatic carbocycles. The Morgan fingerprint density at radius 1 is 1.21 bits per heavy atom. The molecular formula is C18H20ClNO4. The van der Waals surface area contributed by atoms with Crippen LogP contribution >= 0.6 is 11.6 Å². The lowest BCUT2D eigenvalue weighted by atomic mass is 10.0. The monoisotopic (exact) mass is 349 g/mol. The summed E-state index contributed by atoms with van der Waals surface area (Å²) in [6.45, 7) is 3.75. The molecule has 1 N–H and O–H groups in total. The summed E-state index contributed by atoms with van der Waals surface area (Å²) in [5.41, 5.74) is 3.17. The Morgan fingerprint density at radius 3 is 2.38 bits per heavy atom. The average Bonchev–Trinajstić information content (AvgIpc) is 2.74. The van der Waals surface area contributed by atoms with Crippen molar-refractivity contribution in [1.82, 2.24) is 4.57 Å². The molecule has 0 spiro atoms. The van der Waals surface area contributed by atoms with Crippen molar-refractivity contribution >= 4 is 23.5 Å². The van der Waals surface area contributed by atoms with E-state index in [1.165, 1.54) is 0 Å². The number of aromatic carboxylic acids is 1. The van der Waals surface area contributed by atoms with Gasteiger partial charge in [-0.05, 0) is 37.1 Å². The minimum atomic E-state index is -1.04. The van der Waals surface area contributed by atoms with Crippen LogP contribution in [0.4, 0.5) is 0 Å². The van der Waals surface area contributed by atoms with Crippen LogP contribution < -0.4 is 0 Å². The number of rotatable bonds is 6. The van der Waals surface area contributed by atoms with Gasteiger partial charge in [0, 0.05) is 29.9 Å². The van der Waals surface area contributed by atoms with Gasteiger partial charge in [0.05, 0.1) is 18.6 Å². The summed E-state index contributed by atoms with van der Waals surface area (Å²) in [4.78, 5) is 23.5.